The Morgan fingerprint density at radius 2 is 1.78 bits per heavy atom. The minimum atomic E-state index is -0.286. The van der Waals surface area contributed by atoms with Crippen molar-refractivity contribution in [2.75, 3.05) is 42.3 Å². The third kappa shape index (κ3) is 4.95. The van der Waals surface area contributed by atoms with Crippen LogP contribution < -0.4 is 20.4 Å². The molecule has 4 rings (SSSR count). The van der Waals surface area contributed by atoms with E-state index in [1.807, 2.05) is 14.1 Å². The Kier molecular flexibility index (Phi) is 6.77. The van der Waals surface area contributed by atoms with Crippen molar-refractivity contribution in [2.24, 2.45) is 0 Å². The molecule has 1 unspecified atom stereocenters. The van der Waals surface area contributed by atoms with E-state index in [1.165, 1.54) is 11.3 Å². The monoisotopic (exact) mass is 468 g/mol. The minimum absolute atomic E-state index is 0.00872. The van der Waals surface area contributed by atoms with Gasteiger partial charge in [-0.3, -0.25) is 0 Å². The first-order chi connectivity index (χ1) is 15.4. The third-order valence-electron chi connectivity index (χ3n) is 5.73. The van der Waals surface area contributed by atoms with Crippen LogP contribution in [0, 0.1) is 0 Å². The van der Waals surface area contributed by atoms with Gasteiger partial charge >= 0.3 is 6.03 Å². The lowest BCUT2D eigenvalue weighted by atomic mass is 10.0. The Morgan fingerprint density at radius 3 is 2.50 bits per heavy atom. The van der Waals surface area contributed by atoms with Gasteiger partial charge in [0.2, 0.25) is 0 Å². The summed E-state index contributed by atoms with van der Waals surface area (Å²) in [4.78, 5) is 17.1. The minimum Gasteiger partial charge on any atom is -0.378 e. The largest absolute Gasteiger partial charge is 0.378 e. The summed E-state index contributed by atoms with van der Waals surface area (Å²) < 4.78 is 0. The van der Waals surface area contributed by atoms with Crippen molar-refractivity contribution in [3.8, 4) is 0 Å². The SMILES string of the molecule is CN(C)c1ccc(C(CNC(=O)Nc2ccc(Cl)c(Cl)c2)N2CCc3ccccc32)cc1. The maximum Gasteiger partial charge on any atom is 0.319 e. The molecule has 32 heavy (non-hydrogen) atoms. The average molecular weight is 469 g/mol. The fourth-order valence-electron chi connectivity index (χ4n) is 4.03. The van der Waals surface area contributed by atoms with Gasteiger partial charge < -0.3 is 20.4 Å². The van der Waals surface area contributed by atoms with Crippen molar-refractivity contribution in [1.29, 1.82) is 0 Å². The van der Waals surface area contributed by atoms with Crippen molar-refractivity contribution < 1.29 is 4.79 Å². The van der Waals surface area contributed by atoms with E-state index >= 15 is 0 Å². The fourth-order valence-corrected chi connectivity index (χ4v) is 4.33. The van der Waals surface area contributed by atoms with Crippen LogP contribution in [-0.4, -0.2) is 33.2 Å². The molecule has 0 radical (unpaired) electrons. The predicted octanol–water partition coefficient (Wildman–Crippen LogP) is 5.98. The van der Waals surface area contributed by atoms with Crippen LogP contribution in [0.1, 0.15) is 17.2 Å². The summed E-state index contributed by atoms with van der Waals surface area (Å²) in [7, 11) is 4.05. The van der Waals surface area contributed by atoms with E-state index in [0.717, 1.165) is 24.2 Å². The van der Waals surface area contributed by atoms with Gasteiger partial charge in [0.1, 0.15) is 0 Å². The molecule has 1 heterocycles. The first-order valence-corrected chi connectivity index (χ1v) is 11.3. The molecule has 0 saturated heterocycles. The maximum atomic E-state index is 12.6. The number of urea groups is 1. The number of anilines is 3. The van der Waals surface area contributed by atoms with Crippen LogP contribution in [0.4, 0.5) is 21.9 Å². The Labute approximate surface area is 198 Å². The molecule has 0 saturated carbocycles. The van der Waals surface area contributed by atoms with Crippen LogP contribution in [-0.2, 0) is 6.42 Å². The summed E-state index contributed by atoms with van der Waals surface area (Å²) >= 11 is 12.0. The molecule has 1 atom stereocenters. The predicted molar refractivity (Wildman–Crippen MR) is 134 cm³/mol. The molecule has 1 aliphatic heterocycles. The van der Waals surface area contributed by atoms with E-state index in [-0.39, 0.29) is 12.1 Å². The van der Waals surface area contributed by atoms with Gasteiger partial charge in [0.25, 0.3) is 0 Å². The lowest BCUT2D eigenvalue weighted by molar-refractivity contribution is 0.251. The Bertz CT molecular complexity index is 1100. The van der Waals surface area contributed by atoms with Crippen molar-refractivity contribution in [2.45, 2.75) is 12.5 Å². The second kappa shape index (κ2) is 9.72. The second-order valence-corrected chi connectivity index (χ2v) is 8.85. The Hall–Kier alpha value is -2.89. The van der Waals surface area contributed by atoms with E-state index < -0.39 is 0 Å². The first-order valence-electron chi connectivity index (χ1n) is 10.5. The van der Waals surface area contributed by atoms with Crippen LogP contribution in [0.25, 0.3) is 0 Å². The summed E-state index contributed by atoms with van der Waals surface area (Å²) in [5.41, 5.74) is 5.45. The molecule has 0 spiro atoms. The Balaban J connectivity index is 1.53. The molecular formula is C25H26Cl2N4O. The van der Waals surface area contributed by atoms with Crippen molar-refractivity contribution in [1.82, 2.24) is 5.32 Å². The number of hydrogen-bond acceptors (Lipinski definition) is 3. The molecule has 3 aromatic rings. The lowest BCUT2D eigenvalue weighted by Crippen LogP contribution is -2.39. The van der Waals surface area contributed by atoms with Crippen LogP contribution in [0.15, 0.2) is 66.7 Å². The molecule has 2 N–H and O–H groups in total. The van der Waals surface area contributed by atoms with Gasteiger partial charge in [-0.05, 0) is 53.9 Å². The van der Waals surface area contributed by atoms with Crippen LogP contribution in [0.2, 0.25) is 10.0 Å². The number of carbonyl (C=O) groups excluding carboxylic acids is 1. The highest BCUT2D eigenvalue weighted by atomic mass is 35.5. The molecule has 0 aliphatic carbocycles. The molecule has 0 bridgehead atoms. The number of hydrogen-bond donors (Lipinski definition) is 2. The molecule has 5 nitrogen and oxygen atoms in total. The molecule has 1 aliphatic rings. The highest BCUT2D eigenvalue weighted by Gasteiger charge is 2.27. The molecular weight excluding hydrogens is 443 g/mol. The van der Waals surface area contributed by atoms with Gasteiger partial charge in [-0.15, -0.1) is 0 Å². The number of nitrogens with zero attached hydrogens (tertiary/aromatic N) is 2. The second-order valence-electron chi connectivity index (χ2n) is 8.04. The molecule has 3 aromatic carbocycles. The van der Waals surface area contributed by atoms with Gasteiger partial charge in [-0.25, -0.2) is 4.79 Å². The smallest absolute Gasteiger partial charge is 0.319 e. The number of fused-ring (bicyclic) bond motifs is 1. The normalized spacial score (nSPS) is 13.4. The van der Waals surface area contributed by atoms with Crippen LogP contribution >= 0.6 is 23.2 Å². The number of benzene rings is 3. The van der Waals surface area contributed by atoms with Gasteiger partial charge in [0, 0.05) is 44.2 Å². The topological polar surface area (TPSA) is 47.6 Å². The number of halogens is 2. The quantitative estimate of drug-likeness (QED) is 0.467. The summed E-state index contributed by atoms with van der Waals surface area (Å²) in [6.07, 6.45) is 0.998. The summed E-state index contributed by atoms with van der Waals surface area (Å²) in [6, 6.07) is 21.7. The zero-order valence-electron chi connectivity index (χ0n) is 18.1. The molecule has 0 fully saturated rings. The Morgan fingerprint density at radius 1 is 1.03 bits per heavy atom. The number of nitrogens with one attached hydrogen (secondary N) is 2. The maximum absolute atomic E-state index is 12.6. The zero-order valence-corrected chi connectivity index (χ0v) is 19.6. The first kappa shape index (κ1) is 22.3. The van der Waals surface area contributed by atoms with E-state index in [0.29, 0.717) is 22.3 Å². The van der Waals surface area contributed by atoms with Gasteiger partial charge in [0.15, 0.2) is 0 Å². The van der Waals surface area contributed by atoms with Crippen molar-refractivity contribution >= 4 is 46.3 Å². The summed E-state index contributed by atoms with van der Waals surface area (Å²) in [5, 5.41) is 6.71. The number of amides is 2. The van der Waals surface area contributed by atoms with E-state index in [1.54, 1.807) is 18.2 Å². The molecule has 0 aromatic heterocycles. The van der Waals surface area contributed by atoms with E-state index in [2.05, 4.69) is 69.0 Å². The van der Waals surface area contributed by atoms with Crippen LogP contribution in [0.5, 0.6) is 0 Å². The standard InChI is InChI=1S/C25H26Cl2N4O/c1-30(2)20-10-7-18(8-11-20)24(31-14-13-17-5-3-4-6-23(17)31)16-28-25(32)29-19-9-12-21(26)22(27)15-19/h3-12,15,24H,13-14,16H2,1-2H3,(H2,28,29,32). The summed E-state index contributed by atoms with van der Waals surface area (Å²) in [6.45, 7) is 1.37. The van der Waals surface area contributed by atoms with Gasteiger partial charge in [-0.1, -0.05) is 53.5 Å². The lowest BCUT2D eigenvalue weighted by Gasteiger charge is -2.31. The van der Waals surface area contributed by atoms with Gasteiger partial charge in [-0.2, -0.15) is 0 Å². The van der Waals surface area contributed by atoms with Crippen molar-refractivity contribution in [3.63, 3.8) is 0 Å². The van der Waals surface area contributed by atoms with E-state index in [9.17, 15) is 4.79 Å². The zero-order chi connectivity index (χ0) is 22.7. The number of para-hydroxylation sites is 1. The van der Waals surface area contributed by atoms with Gasteiger partial charge in [0.05, 0.1) is 16.1 Å². The average Bonchev–Trinajstić information content (AvgIpc) is 3.21. The third-order valence-corrected chi connectivity index (χ3v) is 6.47. The molecule has 2 amide bonds. The number of carbonyl (C=O) groups is 1. The number of rotatable bonds is 6. The highest BCUT2D eigenvalue weighted by molar-refractivity contribution is 6.42. The fraction of sp³-hybridized carbons (Fsp3) is 0.240. The van der Waals surface area contributed by atoms with E-state index in [4.69, 9.17) is 23.2 Å². The molecule has 166 valence electrons. The summed E-state index contributed by atoms with van der Waals surface area (Å²) in [5.74, 6) is 0. The van der Waals surface area contributed by atoms with Crippen molar-refractivity contribution in [3.05, 3.63) is 87.9 Å². The van der Waals surface area contributed by atoms with Crippen LogP contribution in [0.3, 0.4) is 0 Å². The highest BCUT2D eigenvalue weighted by Crippen LogP contribution is 2.35. The molecule has 7 heteroatoms.